The molecule has 12 heavy (non-hydrogen) atoms. The van der Waals surface area contributed by atoms with E-state index in [1.54, 1.807) is 18.2 Å². The Bertz CT molecular complexity index is 245. The van der Waals surface area contributed by atoms with E-state index in [2.05, 4.69) is 5.32 Å². The maximum absolute atomic E-state index is 10.7. The summed E-state index contributed by atoms with van der Waals surface area (Å²) in [4.78, 5) is 10.7. The van der Waals surface area contributed by atoms with Crippen LogP contribution in [-0.2, 0) is 4.79 Å². The monoisotopic (exact) mass is 187 g/mol. The molecule has 0 spiro atoms. The standard InChI is InChI=1S/C8H10ClNO2/c1-6(11)10-7-4-2-3-5-8(7,9)12/h2-5,7,12H,1H3,(H,10,11). The first-order valence-electron chi connectivity index (χ1n) is 3.57. The third-order valence-electron chi connectivity index (χ3n) is 1.54. The summed E-state index contributed by atoms with van der Waals surface area (Å²) in [5.41, 5.74) is 0. The fourth-order valence-corrected chi connectivity index (χ4v) is 1.17. The first kappa shape index (κ1) is 9.29. The molecule has 0 bridgehead atoms. The van der Waals surface area contributed by atoms with Crippen molar-refractivity contribution in [3.05, 3.63) is 24.3 Å². The zero-order chi connectivity index (χ0) is 9.19. The smallest absolute Gasteiger partial charge is 0.217 e. The number of aliphatic hydroxyl groups is 1. The Morgan fingerprint density at radius 2 is 2.33 bits per heavy atom. The summed E-state index contributed by atoms with van der Waals surface area (Å²) in [5.74, 6) is -0.223. The molecule has 1 rings (SSSR count). The number of allylic oxidation sites excluding steroid dienone is 2. The van der Waals surface area contributed by atoms with Crippen molar-refractivity contribution in [1.29, 1.82) is 0 Å². The van der Waals surface area contributed by atoms with Crippen LogP contribution in [0.3, 0.4) is 0 Å². The summed E-state index contributed by atoms with van der Waals surface area (Å²) in [7, 11) is 0. The molecule has 0 saturated carbocycles. The summed E-state index contributed by atoms with van der Waals surface area (Å²) in [6.45, 7) is 1.37. The molecular formula is C8H10ClNO2. The summed E-state index contributed by atoms with van der Waals surface area (Å²) in [6, 6.07) is -0.554. The molecule has 0 radical (unpaired) electrons. The summed E-state index contributed by atoms with van der Waals surface area (Å²) in [5, 5.41) is 10.5. The lowest BCUT2D eigenvalue weighted by Crippen LogP contribution is -2.47. The molecule has 0 fully saturated rings. The molecular weight excluding hydrogens is 178 g/mol. The first-order chi connectivity index (χ1) is 5.52. The molecule has 0 aromatic carbocycles. The second kappa shape index (κ2) is 3.29. The average molecular weight is 188 g/mol. The first-order valence-corrected chi connectivity index (χ1v) is 3.94. The van der Waals surface area contributed by atoms with E-state index in [9.17, 15) is 9.90 Å². The van der Waals surface area contributed by atoms with Crippen molar-refractivity contribution in [1.82, 2.24) is 5.32 Å². The van der Waals surface area contributed by atoms with Crippen molar-refractivity contribution >= 4 is 17.5 Å². The van der Waals surface area contributed by atoms with Crippen molar-refractivity contribution in [3.8, 4) is 0 Å². The van der Waals surface area contributed by atoms with Crippen LogP contribution < -0.4 is 5.32 Å². The fraction of sp³-hybridized carbons (Fsp3) is 0.375. The van der Waals surface area contributed by atoms with Crippen LogP contribution in [0.4, 0.5) is 0 Å². The number of amides is 1. The van der Waals surface area contributed by atoms with E-state index < -0.39 is 11.1 Å². The molecule has 3 nitrogen and oxygen atoms in total. The molecule has 4 heteroatoms. The predicted molar refractivity (Wildman–Crippen MR) is 46.7 cm³/mol. The number of carbonyl (C=O) groups is 1. The van der Waals surface area contributed by atoms with Gasteiger partial charge in [0.1, 0.15) is 0 Å². The van der Waals surface area contributed by atoms with Gasteiger partial charge in [-0.2, -0.15) is 0 Å². The summed E-state index contributed by atoms with van der Waals surface area (Å²) >= 11 is 5.68. The Hall–Kier alpha value is -0.800. The maximum Gasteiger partial charge on any atom is 0.217 e. The van der Waals surface area contributed by atoms with Crippen LogP contribution in [0.25, 0.3) is 0 Å². The highest BCUT2D eigenvalue weighted by Crippen LogP contribution is 2.22. The van der Waals surface area contributed by atoms with Gasteiger partial charge in [-0.05, 0) is 6.08 Å². The van der Waals surface area contributed by atoms with E-state index in [1.807, 2.05) is 0 Å². The fourth-order valence-electron chi connectivity index (χ4n) is 0.973. The van der Waals surface area contributed by atoms with Crippen LogP contribution in [0.15, 0.2) is 24.3 Å². The van der Waals surface area contributed by atoms with Crippen LogP contribution >= 0.6 is 11.6 Å². The van der Waals surface area contributed by atoms with Gasteiger partial charge in [-0.25, -0.2) is 0 Å². The quantitative estimate of drug-likeness (QED) is 0.589. The molecule has 2 atom stereocenters. The van der Waals surface area contributed by atoms with Crippen molar-refractivity contribution < 1.29 is 9.90 Å². The Labute approximate surface area is 75.7 Å². The number of halogens is 1. The Kier molecular flexibility index (Phi) is 2.55. The van der Waals surface area contributed by atoms with Crippen molar-refractivity contribution in [2.45, 2.75) is 18.0 Å². The molecule has 66 valence electrons. The third kappa shape index (κ3) is 2.09. The van der Waals surface area contributed by atoms with Gasteiger partial charge in [0, 0.05) is 6.92 Å². The van der Waals surface area contributed by atoms with Crippen LogP contribution in [0.2, 0.25) is 0 Å². The highest BCUT2D eigenvalue weighted by molar-refractivity contribution is 6.24. The Balaban J connectivity index is 2.70. The molecule has 1 aliphatic rings. The number of rotatable bonds is 1. The van der Waals surface area contributed by atoms with Gasteiger partial charge in [0.25, 0.3) is 0 Å². The number of alkyl halides is 1. The van der Waals surface area contributed by atoms with Gasteiger partial charge >= 0.3 is 0 Å². The molecule has 2 unspecified atom stereocenters. The minimum Gasteiger partial charge on any atom is -0.369 e. The average Bonchev–Trinajstić information content (AvgIpc) is 1.92. The molecule has 0 aromatic rings. The van der Waals surface area contributed by atoms with Crippen LogP contribution in [-0.4, -0.2) is 22.1 Å². The molecule has 0 aromatic heterocycles. The number of carbonyl (C=O) groups excluding carboxylic acids is 1. The van der Waals surface area contributed by atoms with Crippen molar-refractivity contribution in [3.63, 3.8) is 0 Å². The molecule has 2 N–H and O–H groups in total. The van der Waals surface area contributed by atoms with Gasteiger partial charge in [0.05, 0.1) is 6.04 Å². The van der Waals surface area contributed by atoms with Gasteiger partial charge in [-0.1, -0.05) is 29.8 Å². The second-order valence-electron chi connectivity index (χ2n) is 2.65. The Morgan fingerprint density at radius 3 is 2.83 bits per heavy atom. The SMILES string of the molecule is CC(=O)NC1C=CC=CC1(O)Cl. The lowest BCUT2D eigenvalue weighted by atomic mass is 10.1. The second-order valence-corrected chi connectivity index (χ2v) is 3.26. The Morgan fingerprint density at radius 1 is 1.67 bits per heavy atom. The minimum absolute atomic E-state index is 0.223. The van der Waals surface area contributed by atoms with E-state index in [-0.39, 0.29) is 5.91 Å². The summed E-state index contributed by atoms with van der Waals surface area (Å²) in [6.07, 6.45) is 6.41. The molecule has 0 heterocycles. The zero-order valence-electron chi connectivity index (χ0n) is 6.62. The van der Waals surface area contributed by atoms with E-state index in [4.69, 9.17) is 11.6 Å². The van der Waals surface area contributed by atoms with E-state index in [1.165, 1.54) is 13.0 Å². The van der Waals surface area contributed by atoms with Gasteiger partial charge in [0.15, 0.2) is 5.06 Å². The highest BCUT2D eigenvalue weighted by Gasteiger charge is 2.31. The van der Waals surface area contributed by atoms with Crippen LogP contribution in [0.5, 0.6) is 0 Å². The third-order valence-corrected chi connectivity index (χ3v) is 1.90. The van der Waals surface area contributed by atoms with Crippen molar-refractivity contribution in [2.75, 3.05) is 0 Å². The van der Waals surface area contributed by atoms with Crippen molar-refractivity contribution in [2.24, 2.45) is 0 Å². The molecule has 0 saturated heterocycles. The van der Waals surface area contributed by atoms with Gasteiger partial charge < -0.3 is 10.4 Å². The van der Waals surface area contributed by atoms with E-state index >= 15 is 0 Å². The van der Waals surface area contributed by atoms with Gasteiger partial charge in [-0.15, -0.1) is 0 Å². The number of nitrogens with one attached hydrogen (secondary N) is 1. The predicted octanol–water partition coefficient (Wildman–Crippen LogP) is 0.544. The lowest BCUT2D eigenvalue weighted by Gasteiger charge is -2.27. The molecule has 1 aliphatic carbocycles. The topological polar surface area (TPSA) is 49.3 Å². The van der Waals surface area contributed by atoms with E-state index in [0.717, 1.165) is 0 Å². The largest absolute Gasteiger partial charge is 0.369 e. The minimum atomic E-state index is -1.50. The normalized spacial score (nSPS) is 33.4. The summed E-state index contributed by atoms with van der Waals surface area (Å²) < 4.78 is 0. The van der Waals surface area contributed by atoms with Crippen LogP contribution in [0.1, 0.15) is 6.92 Å². The highest BCUT2D eigenvalue weighted by atomic mass is 35.5. The zero-order valence-corrected chi connectivity index (χ0v) is 7.38. The van der Waals surface area contributed by atoms with E-state index in [0.29, 0.717) is 0 Å². The molecule has 1 amide bonds. The van der Waals surface area contributed by atoms with Gasteiger partial charge in [-0.3, -0.25) is 4.79 Å². The molecule has 0 aliphatic heterocycles. The van der Waals surface area contributed by atoms with Crippen LogP contribution in [0, 0.1) is 0 Å². The van der Waals surface area contributed by atoms with Gasteiger partial charge in [0.2, 0.25) is 5.91 Å². The number of hydrogen-bond donors (Lipinski definition) is 2. The maximum atomic E-state index is 10.7. The lowest BCUT2D eigenvalue weighted by molar-refractivity contribution is -0.120. The number of hydrogen-bond acceptors (Lipinski definition) is 2.